The molecule has 0 aliphatic carbocycles. The van der Waals surface area contributed by atoms with Crippen LogP contribution in [0.1, 0.15) is 24.9 Å². The van der Waals surface area contributed by atoms with E-state index in [1.54, 1.807) is 19.2 Å². The second kappa shape index (κ2) is 7.34. The number of nitrogens with zero attached hydrogens (tertiary/aromatic N) is 1. The lowest BCUT2D eigenvalue weighted by Crippen LogP contribution is -2.26. The Morgan fingerprint density at radius 1 is 1.39 bits per heavy atom. The quantitative estimate of drug-likeness (QED) is 0.809. The first kappa shape index (κ1) is 14.9. The molecule has 0 amide bonds. The summed E-state index contributed by atoms with van der Waals surface area (Å²) in [4.78, 5) is 2.09. The summed E-state index contributed by atoms with van der Waals surface area (Å²) in [6.07, 6.45) is 0.845. The molecule has 0 radical (unpaired) electrons. The van der Waals surface area contributed by atoms with Crippen LogP contribution < -0.4 is 10.1 Å². The Kier molecular flexibility index (Phi) is 6.09. The van der Waals surface area contributed by atoms with Crippen molar-refractivity contribution in [2.75, 3.05) is 34.3 Å². The van der Waals surface area contributed by atoms with E-state index in [0.29, 0.717) is 11.3 Å². The third-order valence-electron chi connectivity index (χ3n) is 2.90. The zero-order chi connectivity index (χ0) is 13.5. The van der Waals surface area contributed by atoms with E-state index >= 15 is 0 Å². The van der Waals surface area contributed by atoms with Gasteiger partial charge in [-0.2, -0.15) is 0 Å². The van der Waals surface area contributed by atoms with E-state index in [4.69, 9.17) is 4.74 Å². The van der Waals surface area contributed by atoms with Crippen molar-refractivity contribution in [2.45, 2.75) is 19.4 Å². The lowest BCUT2D eigenvalue weighted by Gasteiger charge is -2.22. The lowest BCUT2D eigenvalue weighted by atomic mass is 10.0. The Morgan fingerprint density at radius 3 is 2.67 bits per heavy atom. The van der Waals surface area contributed by atoms with Gasteiger partial charge in [0.15, 0.2) is 0 Å². The Balaban J connectivity index is 2.96. The summed E-state index contributed by atoms with van der Waals surface area (Å²) in [5.74, 6) is 0.402. The van der Waals surface area contributed by atoms with Crippen molar-refractivity contribution >= 4 is 0 Å². The molecular formula is C14H23FN2O. The summed E-state index contributed by atoms with van der Waals surface area (Å²) in [5, 5.41) is 3.32. The largest absolute Gasteiger partial charge is 0.496 e. The van der Waals surface area contributed by atoms with Gasteiger partial charge in [0, 0.05) is 11.6 Å². The second-order valence-electron chi connectivity index (χ2n) is 4.56. The van der Waals surface area contributed by atoms with Gasteiger partial charge in [-0.15, -0.1) is 0 Å². The van der Waals surface area contributed by atoms with E-state index in [1.165, 1.54) is 6.07 Å². The van der Waals surface area contributed by atoms with E-state index in [1.807, 2.05) is 21.0 Å². The highest BCUT2D eigenvalue weighted by atomic mass is 19.1. The highest BCUT2D eigenvalue weighted by molar-refractivity contribution is 5.37. The highest BCUT2D eigenvalue weighted by Crippen LogP contribution is 2.29. The maximum atomic E-state index is 14.0. The molecule has 102 valence electrons. The number of hydrogen-bond acceptors (Lipinski definition) is 3. The molecule has 1 unspecified atom stereocenters. The first-order valence-electron chi connectivity index (χ1n) is 6.30. The van der Waals surface area contributed by atoms with Crippen LogP contribution in [0.15, 0.2) is 18.2 Å². The lowest BCUT2D eigenvalue weighted by molar-refractivity contribution is 0.346. The molecule has 0 heterocycles. The van der Waals surface area contributed by atoms with Gasteiger partial charge < -0.3 is 15.0 Å². The predicted molar refractivity (Wildman–Crippen MR) is 72.5 cm³/mol. The van der Waals surface area contributed by atoms with E-state index in [0.717, 1.165) is 19.5 Å². The SMILES string of the molecule is CCNC(CCN(C)C)c1c(F)cccc1OC. The van der Waals surface area contributed by atoms with Gasteiger partial charge in [0.25, 0.3) is 0 Å². The van der Waals surface area contributed by atoms with Crippen LogP contribution in [0.25, 0.3) is 0 Å². The fourth-order valence-electron chi connectivity index (χ4n) is 2.02. The molecule has 0 saturated heterocycles. The highest BCUT2D eigenvalue weighted by Gasteiger charge is 2.19. The first-order valence-corrected chi connectivity index (χ1v) is 6.30. The minimum absolute atomic E-state index is 0.0199. The van der Waals surface area contributed by atoms with E-state index < -0.39 is 0 Å². The van der Waals surface area contributed by atoms with E-state index in [2.05, 4.69) is 10.2 Å². The fraction of sp³-hybridized carbons (Fsp3) is 0.571. The molecule has 0 spiro atoms. The van der Waals surface area contributed by atoms with Crippen LogP contribution in [0.4, 0.5) is 4.39 Å². The minimum Gasteiger partial charge on any atom is -0.496 e. The summed E-state index contributed by atoms with van der Waals surface area (Å²) in [7, 11) is 5.61. The number of ether oxygens (including phenoxy) is 1. The molecule has 1 aromatic rings. The van der Waals surface area contributed by atoms with Gasteiger partial charge in [-0.1, -0.05) is 13.0 Å². The molecular weight excluding hydrogens is 231 g/mol. The van der Waals surface area contributed by atoms with E-state index in [9.17, 15) is 4.39 Å². The molecule has 1 atom stereocenters. The summed E-state index contributed by atoms with van der Waals surface area (Å²) >= 11 is 0. The molecule has 0 saturated carbocycles. The standard InChI is InChI=1S/C14H23FN2O/c1-5-16-12(9-10-17(2)3)14-11(15)7-6-8-13(14)18-4/h6-8,12,16H,5,9-10H2,1-4H3. The topological polar surface area (TPSA) is 24.5 Å². The van der Waals surface area contributed by atoms with Crippen molar-refractivity contribution < 1.29 is 9.13 Å². The Labute approximate surface area is 109 Å². The Morgan fingerprint density at radius 2 is 2.11 bits per heavy atom. The number of rotatable bonds is 7. The van der Waals surface area contributed by atoms with Crippen molar-refractivity contribution in [3.05, 3.63) is 29.6 Å². The maximum Gasteiger partial charge on any atom is 0.131 e. The first-order chi connectivity index (χ1) is 8.60. The molecule has 0 fully saturated rings. The summed E-state index contributed by atoms with van der Waals surface area (Å²) in [6, 6.07) is 4.94. The molecule has 1 aromatic carbocycles. The van der Waals surface area contributed by atoms with Crippen LogP contribution in [-0.2, 0) is 0 Å². The summed E-state index contributed by atoms with van der Waals surface area (Å²) < 4.78 is 19.3. The summed E-state index contributed by atoms with van der Waals surface area (Å²) in [5.41, 5.74) is 0.628. The van der Waals surface area contributed by atoms with Crippen molar-refractivity contribution in [1.82, 2.24) is 10.2 Å². The van der Waals surface area contributed by atoms with Crippen LogP contribution in [0.5, 0.6) is 5.75 Å². The molecule has 3 nitrogen and oxygen atoms in total. The van der Waals surface area contributed by atoms with Gasteiger partial charge in [-0.05, 0) is 45.7 Å². The molecule has 1 N–H and O–H groups in total. The molecule has 1 rings (SSSR count). The summed E-state index contributed by atoms with van der Waals surface area (Å²) in [6.45, 7) is 3.72. The third kappa shape index (κ3) is 3.96. The van der Waals surface area contributed by atoms with E-state index in [-0.39, 0.29) is 11.9 Å². The van der Waals surface area contributed by atoms with Crippen molar-refractivity contribution in [1.29, 1.82) is 0 Å². The van der Waals surface area contributed by atoms with Crippen LogP contribution in [0.2, 0.25) is 0 Å². The molecule has 0 aromatic heterocycles. The average molecular weight is 254 g/mol. The van der Waals surface area contributed by atoms with Crippen LogP contribution >= 0.6 is 0 Å². The van der Waals surface area contributed by atoms with Gasteiger partial charge in [0.1, 0.15) is 11.6 Å². The molecule has 0 aliphatic heterocycles. The zero-order valence-corrected chi connectivity index (χ0v) is 11.7. The van der Waals surface area contributed by atoms with Crippen LogP contribution in [-0.4, -0.2) is 39.2 Å². The van der Waals surface area contributed by atoms with Gasteiger partial charge in [0.05, 0.1) is 7.11 Å². The van der Waals surface area contributed by atoms with Crippen LogP contribution in [0.3, 0.4) is 0 Å². The molecule has 0 aliphatic rings. The molecule has 18 heavy (non-hydrogen) atoms. The van der Waals surface area contributed by atoms with Gasteiger partial charge in [-0.25, -0.2) is 4.39 Å². The van der Waals surface area contributed by atoms with Gasteiger partial charge >= 0.3 is 0 Å². The van der Waals surface area contributed by atoms with Crippen LogP contribution in [0, 0.1) is 5.82 Å². The predicted octanol–water partition coefficient (Wildman–Crippen LogP) is 2.44. The van der Waals surface area contributed by atoms with Crippen molar-refractivity contribution in [2.24, 2.45) is 0 Å². The Hall–Kier alpha value is -1.13. The van der Waals surface area contributed by atoms with Crippen molar-refractivity contribution in [3.8, 4) is 5.75 Å². The number of hydrogen-bond donors (Lipinski definition) is 1. The average Bonchev–Trinajstić information content (AvgIpc) is 2.34. The monoisotopic (exact) mass is 254 g/mol. The molecule has 4 heteroatoms. The third-order valence-corrected chi connectivity index (χ3v) is 2.90. The maximum absolute atomic E-state index is 14.0. The van der Waals surface area contributed by atoms with Gasteiger partial charge in [-0.3, -0.25) is 0 Å². The van der Waals surface area contributed by atoms with Gasteiger partial charge in [0.2, 0.25) is 0 Å². The minimum atomic E-state index is -0.209. The number of methoxy groups -OCH3 is 1. The number of halogens is 1. The van der Waals surface area contributed by atoms with Crippen molar-refractivity contribution in [3.63, 3.8) is 0 Å². The zero-order valence-electron chi connectivity index (χ0n) is 11.7. The fourth-order valence-corrected chi connectivity index (χ4v) is 2.02. The normalized spacial score (nSPS) is 12.8. The smallest absolute Gasteiger partial charge is 0.131 e. The Bertz CT molecular complexity index is 369. The number of benzene rings is 1. The molecule has 0 bridgehead atoms. The second-order valence-corrected chi connectivity index (χ2v) is 4.56. The number of nitrogens with one attached hydrogen (secondary N) is 1.